The summed E-state index contributed by atoms with van der Waals surface area (Å²) in [4.78, 5) is 13.3. The van der Waals surface area contributed by atoms with Crippen molar-refractivity contribution in [1.82, 2.24) is 4.90 Å². The zero-order valence-corrected chi connectivity index (χ0v) is 9.15. The number of likely N-dealkylation sites (N-methyl/N-ethyl adjacent to an activating group) is 1. The number of Topliss-reactive ketones (excluding diaryl/α,β-unsaturated/α-hetero) is 1. The average Bonchev–Trinajstić information content (AvgIpc) is 2.29. The molecule has 0 heterocycles. The molecule has 82 valence electrons. The molecule has 0 unspecified atom stereocenters. The monoisotopic (exact) mass is 206 g/mol. The second kappa shape index (κ2) is 6.32. The second-order valence-electron chi connectivity index (χ2n) is 3.53. The van der Waals surface area contributed by atoms with E-state index in [1.165, 1.54) is 5.56 Å². The number of benzene rings is 1. The molecule has 0 amide bonds. The Bertz CT molecular complexity index is 298. The highest BCUT2D eigenvalue weighted by atomic mass is 16.1. The Hall–Kier alpha value is -1.19. The van der Waals surface area contributed by atoms with E-state index in [1.54, 1.807) is 0 Å². The lowest BCUT2D eigenvalue weighted by molar-refractivity contribution is -0.118. The van der Waals surface area contributed by atoms with Crippen LogP contribution in [0.2, 0.25) is 0 Å². The summed E-state index contributed by atoms with van der Waals surface area (Å²) in [6, 6.07) is 10.1. The summed E-state index contributed by atoms with van der Waals surface area (Å²) in [5.41, 5.74) is 6.52. The molecule has 1 aromatic carbocycles. The third-order valence-electron chi connectivity index (χ3n) is 2.32. The predicted molar refractivity (Wildman–Crippen MR) is 61.5 cm³/mol. The lowest BCUT2D eigenvalue weighted by atomic mass is 10.2. The number of carbonyl (C=O) groups excluding carboxylic acids is 1. The van der Waals surface area contributed by atoms with Gasteiger partial charge in [-0.25, -0.2) is 0 Å². The fourth-order valence-electron chi connectivity index (χ4n) is 1.44. The molecule has 0 atom stereocenters. The van der Waals surface area contributed by atoms with Gasteiger partial charge in [0.25, 0.3) is 0 Å². The third kappa shape index (κ3) is 4.23. The van der Waals surface area contributed by atoms with Gasteiger partial charge in [-0.3, -0.25) is 9.69 Å². The standard InChI is InChI=1S/C12H18N2O/c1-2-14(10-12(15)8-13)9-11-6-4-3-5-7-11/h3-7H,2,8-10,13H2,1H3. The Morgan fingerprint density at radius 2 is 2.00 bits per heavy atom. The van der Waals surface area contributed by atoms with Crippen LogP contribution >= 0.6 is 0 Å². The quantitative estimate of drug-likeness (QED) is 0.756. The molecule has 0 aromatic heterocycles. The molecule has 15 heavy (non-hydrogen) atoms. The van der Waals surface area contributed by atoms with Crippen LogP contribution in [0.1, 0.15) is 12.5 Å². The first-order valence-electron chi connectivity index (χ1n) is 5.24. The van der Waals surface area contributed by atoms with Crippen molar-refractivity contribution in [2.24, 2.45) is 5.73 Å². The summed E-state index contributed by atoms with van der Waals surface area (Å²) < 4.78 is 0. The summed E-state index contributed by atoms with van der Waals surface area (Å²) in [5, 5.41) is 0. The van der Waals surface area contributed by atoms with E-state index < -0.39 is 0 Å². The van der Waals surface area contributed by atoms with Crippen molar-refractivity contribution in [2.45, 2.75) is 13.5 Å². The predicted octanol–water partition coefficient (Wildman–Crippen LogP) is 1.04. The Morgan fingerprint density at radius 1 is 1.33 bits per heavy atom. The molecule has 3 nitrogen and oxygen atoms in total. The number of nitrogens with two attached hydrogens (primary N) is 1. The molecule has 0 spiro atoms. The molecule has 0 aliphatic heterocycles. The smallest absolute Gasteiger partial charge is 0.160 e. The number of carbonyl (C=O) groups is 1. The summed E-state index contributed by atoms with van der Waals surface area (Å²) in [6.45, 7) is 4.30. The van der Waals surface area contributed by atoms with E-state index in [9.17, 15) is 4.79 Å². The maximum atomic E-state index is 11.2. The lowest BCUT2D eigenvalue weighted by Gasteiger charge is -2.19. The first kappa shape index (κ1) is 11.9. The van der Waals surface area contributed by atoms with E-state index in [2.05, 4.69) is 17.0 Å². The van der Waals surface area contributed by atoms with Crippen molar-refractivity contribution < 1.29 is 4.79 Å². The van der Waals surface area contributed by atoms with Gasteiger partial charge in [-0.05, 0) is 12.1 Å². The molecular weight excluding hydrogens is 188 g/mol. The van der Waals surface area contributed by atoms with Crippen LogP contribution in [0.15, 0.2) is 30.3 Å². The van der Waals surface area contributed by atoms with E-state index in [-0.39, 0.29) is 12.3 Å². The SMILES string of the molecule is CCN(CC(=O)CN)Cc1ccccc1. The van der Waals surface area contributed by atoms with Gasteiger partial charge >= 0.3 is 0 Å². The molecule has 0 aliphatic carbocycles. The average molecular weight is 206 g/mol. The zero-order valence-electron chi connectivity index (χ0n) is 9.15. The molecule has 0 aliphatic rings. The Kier molecular flexibility index (Phi) is 5.01. The number of hydrogen-bond acceptors (Lipinski definition) is 3. The minimum atomic E-state index is 0.0905. The van der Waals surface area contributed by atoms with Gasteiger partial charge in [-0.2, -0.15) is 0 Å². The summed E-state index contributed by atoms with van der Waals surface area (Å²) >= 11 is 0. The van der Waals surface area contributed by atoms with Crippen molar-refractivity contribution in [3.63, 3.8) is 0 Å². The number of rotatable bonds is 6. The summed E-state index contributed by atoms with van der Waals surface area (Å²) in [5.74, 6) is 0.0905. The Balaban J connectivity index is 2.50. The molecular formula is C12H18N2O. The molecule has 0 fully saturated rings. The summed E-state index contributed by atoms with van der Waals surface area (Å²) in [6.07, 6.45) is 0. The second-order valence-corrected chi connectivity index (χ2v) is 3.53. The van der Waals surface area contributed by atoms with E-state index in [0.717, 1.165) is 13.1 Å². The van der Waals surface area contributed by atoms with Crippen molar-refractivity contribution >= 4 is 5.78 Å². The molecule has 0 saturated carbocycles. The highest BCUT2D eigenvalue weighted by molar-refractivity contribution is 5.82. The highest BCUT2D eigenvalue weighted by Gasteiger charge is 2.07. The van der Waals surface area contributed by atoms with Crippen LogP contribution in [0, 0.1) is 0 Å². The van der Waals surface area contributed by atoms with Gasteiger partial charge in [0.2, 0.25) is 0 Å². The molecule has 0 saturated heterocycles. The molecule has 1 aromatic rings. The first-order valence-corrected chi connectivity index (χ1v) is 5.24. The van der Waals surface area contributed by atoms with E-state index in [0.29, 0.717) is 6.54 Å². The molecule has 0 radical (unpaired) electrons. The zero-order chi connectivity index (χ0) is 11.1. The van der Waals surface area contributed by atoms with Crippen molar-refractivity contribution in [1.29, 1.82) is 0 Å². The lowest BCUT2D eigenvalue weighted by Crippen LogP contribution is -2.32. The van der Waals surface area contributed by atoms with Gasteiger partial charge in [0, 0.05) is 6.54 Å². The van der Waals surface area contributed by atoms with Crippen molar-refractivity contribution in [3.05, 3.63) is 35.9 Å². The Labute approximate surface area is 90.9 Å². The van der Waals surface area contributed by atoms with E-state index in [1.807, 2.05) is 25.1 Å². The third-order valence-corrected chi connectivity index (χ3v) is 2.32. The van der Waals surface area contributed by atoms with Crippen LogP contribution < -0.4 is 5.73 Å². The Morgan fingerprint density at radius 3 is 2.53 bits per heavy atom. The van der Waals surface area contributed by atoms with Crippen molar-refractivity contribution in [2.75, 3.05) is 19.6 Å². The van der Waals surface area contributed by atoms with E-state index >= 15 is 0 Å². The fraction of sp³-hybridized carbons (Fsp3) is 0.417. The van der Waals surface area contributed by atoms with Crippen LogP contribution in [0.3, 0.4) is 0 Å². The molecule has 1 rings (SSSR count). The van der Waals surface area contributed by atoms with Crippen LogP contribution in [0.25, 0.3) is 0 Å². The van der Waals surface area contributed by atoms with Gasteiger partial charge in [0.1, 0.15) is 0 Å². The maximum Gasteiger partial charge on any atom is 0.160 e. The van der Waals surface area contributed by atoms with Gasteiger partial charge in [0.15, 0.2) is 5.78 Å². The molecule has 2 N–H and O–H groups in total. The van der Waals surface area contributed by atoms with Gasteiger partial charge in [-0.15, -0.1) is 0 Å². The first-order chi connectivity index (χ1) is 7.26. The number of hydrogen-bond donors (Lipinski definition) is 1. The molecule has 0 bridgehead atoms. The minimum absolute atomic E-state index is 0.0905. The largest absolute Gasteiger partial charge is 0.324 e. The highest BCUT2D eigenvalue weighted by Crippen LogP contribution is 2.03. The van der Waals surface area contributed by atoms with E-state index in [4.69, 9.17) is 5.73 Å². The van der Waals surface area contributed by atoms with Crippen LogP contribution in [-0.4, -0.2) is 30.3 Å². The number of nitrogens with zero attached hydrogens (tertiary/aromatic N) is 1. The van der Waals surface area contributed by atoms with Crippen molar-refractivity contribution in [3.8, 4) is 0 Å². The topological polar surface area (TPSA) is 46.3 Å². The van der Waals surface area contributed by atoms with Gasteiger partial charge in [0.05, 0.1) is 13.1 Å². The number of ketones is 1. The van der Waals surface area contributed by atoms with Gasteiger partial charge in [-0.1, -0.05) is 37.3 Å². The van der Waals surface area contributed by atoms with Crippen LogP contribution in [0.5, 0.6) is 0 Å². The van der Waals surface area contributed by atoms with Crippen LogP contribution in [0.4, 0.5) is 0 Å². The molecule has 3 heteroatoms. The maximum absolute atomic E-state index is 11.2. The fourth-order valence-corrected chi connectivity index (χ4v) is 1.44. The minimum Gasteiger partial charge on any atom is -0.324 e. The summed E-state index contributed by atoms with van der Waals surface area (Å²) in [7, 11) is 0. The van der Waals surface area contributed by atoms with Crippen LogP contribution in [-0.2, 0) is 11.3 Å². The normalized spacial score (nSPS) is 10.6. The van der Waals surface area contributed by atoms with Gasteiger partial charge < -0.3 is 5.73 Å².